The third-order valence-corrected chi connectivity index (χ3v) is 3.62. The summed E-state index contributed by atoms with van der Waals surface area (Å²) in [5.74, 6) is 1.50. The van der Waals surface area contributed by atoms with Gasteiger partial charge in [-0.25, -0.2) is 0 Å². The molecule has 1 heterocycles. The van der Waals surface area contributed by atoms with E-state index in [1.807, 2.05) is 31.2 Å². The van der Waals surface area contributed by atoms with Gasteiger partial charge >= 0.3 is 6.18 Å². The molecular formula is C17H23F3IN5O. The number of guanidine groups is 1. The maximum atomic E-state index is 12.1. The Morgan fingerprint density at radius 1 is 1.15 bits per heavy atom. The summed E-state index contributed by atoms with van der Waals surface area (Å²) in [6.45, 7) is 2.30. The Morgan fingerprint density at radius 2 is 1.81 bits per heavy atom. The number of alkyl halides is 3. The summed E-state index contributed by atoms with van der Waals surface area (Å²) in [6.07, 6.45) is -3.66. The lowest BCUT2D eigenvalue weighted by Crippen LogP contribution is -2.39. The van der Waals surface area contributed by atoms with Crippen molar-refractivity contribution < 1.29 is 17.7 Å². The molecule has 0 aliphatic rings. The van der Waals surface area contributed by atoms with Crippen LogP contribution in [0.15, 0.2) is 33.8 Å². The second-order valence-corrected chi connectivity index (χ2v) is 5.61. The van der Waals surface area contributed by atoms with Gasteiger partial charge in [0, 0.05) is 32.1 Å². The van der Waals surface area contributed by atoms with Crippen LogP contribution in [0.1, 0.15) is 24.7 Å². The summed E-state index contributed by atoms with van der Waals surface area (Å²) >= 11 is 0. The molecule has 2 N–H and O–H groups in total. The number of hydrogen-bond donors (Lipinski definition) is 2. The van der Waals surface area contributed by atoms with Crippen molar-refractivity contribution in [2.45, 2.75) is 32.4 Å². The van der Waals surface area contributed by atoms with E-state index in [9.17, 15) is 13.2 Å². The topological polar surface area (TPSA) is 75.3 Å². The standard InChI is InChI=1S/C17H22F3N5O.HI/c1-3-14-24-15(26-25-14)13-6-4-12(5-7-13)8-10-22-16(21-2)23-11-9-17(18,19)20;/h4-7H,3,8-11H2,1-2H3,(H2,21,22,23);1H. The van der Waals surface area contributed by atoms with Gasteiger partial charge in [-0.2, -0.15) is 18.2 Å². The van der Waals surface area contributed by atoms with E-state index in [0.717, 1.165) is 11.1 Å². The Kier molecular flexibility index (Phi) is 9.53. The van der Waals surface area contributed by atoms with Gasteiger partial charge in [0.05, 0.1) is 6.42 Å². The first-order valence-electron chi connectivity index (χ1n) is 8.34. The average Bonchev–Trinajstić information content (AvgIpc) is 3.09. The number of aromatic nitrogens is 2. The lowest BCUT2D eigenvalue weighted by molar-refractivity contribution is -0.132. The Morgan fingerprint density at radius 3 is 2.37 bits per heavy atom. The van der Waals surface area contributed by atoms with E-state index in [2.05, 4.69) is 25.8 Å². The fourth-order valence-electron chi connectivity index (χ4n) is 2.20. The van der Waals surface area contributed by atoms with Gasteiger partial charge in [0.1, 0.15) is 0 Å². The van der Waals surface area contributed by atoms with Gasteiger partial charge < -0.3 is 15.2 Å². The Labute approximate surface area is 173 Å². The molecule has 0 spiro atoms. The Hall–Kier alpha value is -1.85. The van der Waals surface area contributed by atoms with Crippen LogP contribution < -0.4 is 10.6 Å². The SMILES string of the molecule is CCc1noc(-c2ccc(CCNC(=NC)NCCC(F)(F)F)cc2)n1.I. The van der Waals surface area contributed by atoms with Crippen LogP contribution in [0.4, 0.5) is 13.2 Å². The monoisotopic (exact) mass is 497 g/mol. The van der Waals surface area contributed by atoms with Crippen molar-refractivity contribution in [1.29, 1.82) is 0 Å². The predicted octanol–water partition coefficient (Wildman–Crippen LogP) is 3.58. The molecule has 0 amide bonds. The number of halogens is 4. The van der Waals surface area contributed by atoms with Crippen LogP contribution in [0, 0.1) is 0 Å². The maximum Gasteiger partial charge on any atom is 0.390 e. The van der Waals surface area contributed by atoms with Gasteiger partial charge in [-0.1, -0.05) is 24.2 Å². The zero-order valence-corrected chi connectivity index (χ0v) is 17.5. The van der Waals surface area contributed by atoms with Crippen molar-refractivity contribution in [2.75, 3.05) is 20.1 Å². The van der Waals surface area contributed by atoms with Crippen LogP contribution in [0.5, 0.6) is 0 Å². The van der Waals surface area contributed by atoms with E-state index in [-0.39, 0.29) is 30.5 Å². The molecule has 0 saturated heterocycles. The first-order valence-corrected chi connectivity index (χ1v) is 8.34. The van der Waals surface area contributed by atoms with Crippen LogP contribution in [-0.2, 0) is 12.8 Å². The molecule has 0 aliphatic heterocycles. The molecule has 0 fully saturated rings. The number of nitrogens with zero attached hydrogens (tertiary/aromatic N) is 3. The van der Waals surface area contributed by atoms with Crippen LogP contribution in [0.25, 0.3) is 11.5 Å². The molecule has 0 radical (unpaired) electrons. The molecule has 0 unspecified atom stereocenters. The van der Waals surface area contributed by atoms with E-state index in [1.54, 1.807) is 0 Å². The minimum Gasteiger partial charge on any atom is -0.356 e. The number of aliphatic imine (C=N–C) groups is 1. The molecule has 0 saturated carbocycles. The molecule has 2 aromatic rings. The van der Waals surface area contributed by atoms with E-state index in [0.29, 0.717) is 37.1 Å². The zero-order valence-electron chi connectivity index (χ0n) is 15.1. The van der Waals surface area contributed by atoms with Gasteiger partial charge in [-0.05, 0) is 24.1 Å². The molecular weight excluding hydrogens is 474 g/mol. The van der Waals surface area contributed by atoms with Crippen molar-refractivity contribution in [3.8, 4) is 11.5 Å². The summed E-state index contributed by atoms with van der Waals surface area (Å²) in [5, 5.41) is 9.50. The molecule has 27 heavy (non-hydrogen) atoms. The smallest absolute Gasteiger partial charge is 0.356 e. The fourth-order valence-corrected chi connectivity index (χ4v) is 2.20. The van der Waals surface area contributed by atoms with E-state index in [4.69, 9.17) is 4.52 Å². The van der Waals surface area contributed by atoms with Crippen LogP contribution >= 0.6 is 24.0 Å². The maximum absolute atomic E-state index is 12.1. The summed E-state index contributed by atoms with van der Waals surface area (Å²) in [6, 6.07) is 7.71. The molecule has 150 valence electrons. The van der Waals surface area contributed by atoms with E-state index in [1.165, 1.54) is 7.05 Å². The molecule has 6 nitrogen and oxygen atoms in total. The largest absolute Gasteiger partial charge is 0.390 e. The molecule has 0 atom stereocenters. The molecule has 10 heteroatoms. The van der Waals surface area contributed by atoms with Gasteiger partial charge in [-0.3, -0.25) is 4.99 Å². The van der Waals surface area contributed by atoms with Crippen molar-refractivity contribution in [3.05, 3.63) is 35.7 Å². The minimum absolute atomic E-state index is 0. The Balaban J connectivity index is 0.00000364. The van der Waals surface area contributed by atoms with Crippen molar-refractivity contribution >= 4 is 29.9 Å². The Bertz CT molecular complexity index is 716. The highest BCUT2D eigenvalue weighted by Crippen LogP contribution is 2.18. The summed E-state index contributed by atoms with van der Waals surface area (Å²) in [5.41, 5.74) is 1.92. The first kappa shape index (κ1) is 23.2. The third-order valence-electron chi connectivity index (χ3n) is 3.62. The van der Waals surface area contributed by atoms with Crippen molar-refractivity contribution in [3.63, 3.8) is 0 Å². The highest BCUT2D eigenvalue weighted by molar-refractivity contribution is 14.0. The molecule has 2 rings (SSSR count). The minimum atomic E-state index is -4.18. The number of aryl methyl sites for hydroxylation is 1. The average molecular weight is 497 g/mol. The second kappa shape index (κ2) is 11.1. The van der Waals surface area contributed by atoms with Gasteiger partial charge in [0.25, 0.3) is 5.89 Å². The highest BCUT2D eigenvalue weighted by atomic mass is 127. The highest BCUT2D eigenvalue weighted by Gasteiger charge is 2.26. The molecule has 0 aliphatic carbocycles. The van der Waals surface area contributed by atoms with E-state index < -0.39 is 12.6 Å². The normalized spacial score (nSPS) is 11.8. The van der Waals surface area contributed by atoms with Crippen molar-refractivity contribution in [1.82, 2.24) is 20.8 Å². The number of hydrogen-bond acceptors (Lipinski definition) is 4. The predicted molar refractivity (Wildman–Crippen MR) is 108 cm³/mol. The van der Waals surface area contributed by atoms with E-state index >= 15 is 0 Å². The van der Waals surface area contributed by atoms with Crippen LogP contribution in [0.3, 0.4) is 0 Å². The lowest BCUT2D eigenvalue weighted by Gasteiger charge is -2.13. The third kappa shape index (κ3) is 8.14. The number of rotatable bonds is 7. The zero-order chi connectivity index (χ0) is 19.0. The summed E-state index contributed by atoms with van der Waals surface area (Å²) in [4.78, 5) is 8.18. The number of benzene rings is 1. The molecule has 1 aromatic carbocycles. The molecule has 0 bridgehead atoms. The lowest BCUT2D eigenvalue weighted by atomic mass is 10.1. The quantitative estimate of drug-likeness (QED) is 0.348. The molecule has 1 aromatic heterocycles. The summed E-state index contributed by atoms with van der Waals surface area (Å²) < 4.78 is 41.6. The van der Waals surface area contributed by atoms with Gasteiger partial charge in [0.2, 0.25) is 0 Å². The van der Waals surface area contributed by atoms with Gasteiger partial charge in [0.15, 0.2) is 11.8 Å². The number of nitrogens with one attached hydrogen (secondary N) is 2. The van der Waals surface area contributed by atoms with Crippen LogP contribution in [0.2, 0.25) is 0 Å². The van der Waals surface area contributed by atoms with Gasteiger partial charge in [-0.15, -0.1) is 24.0 Å². The van der Waals surface area contributed by atoms with Crippen molar-refractivity contribution in [2.24, 2.45) is 4.99 Å². The first-order chi connectivity index (χ1) is 12.4. The fraction of sp³-hybridized carbons (Fsp3) is 0.471. The van der Waals surface area contributed by atoms with Crippen LogP contribution in [-0.4, -0.2) is 42.4 Å². The summed E-state index contributed by atoms with van der Waals surface area (Å²) in [7, 11) is 1.52. The second-order valence-electron chi connectivity index (χ2n) is 5.61.